The number of ether oxygens (including phenoxy) is 5. The highest BCUT2D eigenvalue weighted by atomic mass is 32.2. The van der Waals surface area contributed by atoms with Crippen molar-refractivity contribution >= 4 is 84.6 Å². The third kappa shape index (κ3) is 23.9. The smallest absolute Gasteiger partial charge is 0.411 e. The zero-order chi connectivity index (χ0) is 68.1. The van der Waals surface area contributed by atoms with Crippen molar-refractivity contribution in [3.63, 3.8) is 0 Å². The maximum Gasteiger partial charge on any atom is 0.411 e. The molecule has 2 aliphatic carbocycles. The van der Waals surface area contributed by atoms with Gasteiger partial charge in [0.15, 0.2) is 0 Å². The van der Waals surface area contributed by atoms with E-state index in [4.69, 9.17) is 23.7 Å². The van der Waals surface area contributed by atoms with Gasteiger partial charge in [-0.2, -0.15) is 0 Å². The molecule has 4 heterocycles. The van der Waals surface area contributed by atoms with Gasteiger partial charge in [-0.3, -0.25) is 10.6 Å². The Labute approximate surface area is 557 Å². The van der Waals surface area contributed by atoms with Crippen LogP contribution < -0.4 is 36.0 Å². The van der Waals surface area contributed by atoms with E-state index in [9.17, 15) is 40.8 Å². The fourth-order valence-corrected chi connectivity index (χ4v) is 17.0. The van der Waals surface area contributed by atoms with Gasteiger partial charge in [-0.1, -0.05) is 12.1 Å². The summed E-state index contributed by atoms with van der Waals surface area (Å²) in [6.07, 6.45) is 10.5. The van der Waals surface area contributed by atoms with E-state index < -0.39 is 55.0 Å². The second-order valence-electron chi connectivity index (χ2n) is 28.1. The molecule has 28 heteroatoms. The van der Waals surface area contributed by atoms with Crippen LogP contribution in [0.4, 0.5) is 35.3 Å². The molecule has 2 saturated heterocycles. The van der Waals surface area contributed by atoms with E-state index in [1.54, 1.807) is 83.1 Å². The summed E-state index contributed by atoms with van der Waals surface area (Å²) in [6, 6.07) is 9.74. The Morgan fingerprint density at radius 2 is 0.946 bits per heavy atom. The molecule has 2 aromatic carbocycles. The molecule has 0 radical (unpaired) electrons. The third-order valence-corrected chi connectivity index (χ3v) is 21.6. The highest BCUT2D eigenvalue weighted by Crippen LogP contribution is 2.42. The van der Waals surface area contributed by atoms with Crippen LogP contribution in [0.3, 0.4) is 0 Å². The van der Waals surface area contributed by atoms with E-state index in [0.717, 1.165) is 92.2 Å². The summed E-state index contributed by atoms with van der Waals surface area (Å²) in [6.45, 7) is 26.7. The molecule has 8 rings (SSSR count). The largest absolute Gasteiger partial charge is 0.449 e. The van der Waals surface area contributed by atoms with Crippen molar-refractivity contribution in [3.8, 4) is 20.9 Å². The average molecular weight is 1370 g/mol. The van der Waals surface area contributed by atoms with Crippen molar-refractivity contribution in [1.29, 1.82) is 0 Å². The van der Waals surface area contributed by atoms with E-state index in [2.05, 4.69) is 46.0 Å². The molecular formula is C65H98N10O14S4. The van der Waals surface area contributed by atoms with Crippen molar-refractivity contribution in [2.45, 2.75) is 230 Å². The lowest BCUT2D eigenvalue weighted by atomic mass is 9.86. The number of hydrogen-bond donors (Lipinski definition) is 7. The standard InChI is InChI=1S/C35H53N5O8S2.C30H45N5O6S2/c1-22(2)47-32(42)37-25-11-9-24(10-12-25)30-36-20-28(49-30)27-14-13-26(19-29(27)50(44,45)39-34(3,4)5)38-31(41)46-21-23-15-17-40(18-16-23)33(43)48-35(6,7)8;1-19(2)41-29(37)33-22-8-6-21(7-9-22)27-32-17-25(42-27)24-11-10-23(16-26(24)43(38,39)35-30(3,4)5)34-28(36)40-18-20-12-14-31-15-13-20/h13-14,19-20,22-25,39H,9-12,15-18,21H2,1-8H3,(H,37,42)(H,38,41);10-11,16-17,19-22,31,35H,6-9,12-15,18H2,1-5H3,(H,33,37)(H,34,36). The van der Waals surface area contributed by atoms with Gasteiger partial charge in [0.05, 0.1) is 55.0 Å². The SMILES string of the molecule is CC(C)OC(=O)NC1CCC(c2ncc(-c3ccc(NC(=O)OCC4CCN(C(=O)OC(C)(C)C)CC4)cc3S(=O)(=O)NC(C)(C)C)s2)CC1.CC(C)OC(=O)NC1CCC(c2ncc(-c3ccc(NC(=O)OCC4CCNCC4)cc3S(=O)(=O)NC(C)(C)C)s2)CC1. The first-order valence-electron chi connectivity index (χ1n) is 32.4. The Balaban J connectivity index is 0.000000266. The quantitative estimate of drug-likeness (QED) is 0.0455. The van der Waals surface area contributed by atoms with Gasteiger partial charge >= 0.3 is 30.5 Å². The molecular weight excluding hydrogens is 1270 g/mol. The highest BCUT2D eigenvalue weighted by Gasteiger charge is 2.33. The molecule has 93 heavy (non-hydrogen) atoms. The predicted molar refractivity (Wildman–Crippen MR) is 361 cm³/mol. The number of carbonyl (C=O) groups excluding carboxylic acids is 5. The Morgan fingerprint density at radius 1 is 0.559 bits per heavy atom. The molecule has 2 aromatic heterocycles. The summed E-state index contributed by atoms with van der Waals surface area (Å²) in [4.78, 5) is 74.3. The number of hydrogen-bond acceptors (Lipinski definition) is 19. The van der Waals surface area contributed by atoms with Crippen LogP contribution in [-0.2, 0) is 43.7 Å². The maximum atomic E-state index is 13.7. The average Bonchev–Trinajstić information content (AvgIpc) is 1.80. The van der Waals surface area contributed by atoms with Crippen molar-refractivity contribution in [1.82, 2.24) is 40.3 Å². The minimum atomic E-state index is -4.01. The van der Waals surface area contributed by atoms with E-state index in [1.165, 1.54) is 34.8 Å². The topological polar surface area (TPSA) is 313 Å². The van der Waals surface area contributed by atoms with Gasteiger partial charge in [0.1, 0.15) is 5.60 Å². The van der Waals surface area contributed by atoms with Crippen molar-refractivity contribution in [3.05, 3.63) is 58.8 Å². The summed E-state index contributed by atoms with van der Waals surface area (Å²) in [7, 11) is -7.96. The molecule has 0 spiro atoms. The predicted octanol–water partition coefficient (Wildman–Crippen LogP) is 12.8. The number of nitrogens with one attached hydrogen (secondary N) is 7. The molecule has 4 fully saturated rings. The van der Waals surface area contributed by atoms with Gasteiger partial charge in [-0.25, -0.2) is 60.2 Å². The second-order valence-corrected chi connectivity index (χ2v) is 33.5. The monoisotopic (exact) mass is 1370 g/mol. The Morgan fingerprint density at radius 3 is 1.31 bits per heavy atom. The normalized spacial score (nSPS) is 19.6. The summed E-state index contributed by atoms with van der Waals surface area (Å²) < 4.78 is 86.9. The lowest BCUT2D eigenvalue weighted by molar-refractivity contribution is 0.0152. The number of sulfonamides is 2. The first-order valence-corrected chi connectivity index (χ1v) is 37.0. The molecule has 0 bridgehead atoms. The third-order valence-electron chi connectivity index (χ3n) is 15.6. The van der Waals surface area contributed by atoms with Crippen LogP contribution >= 0.6 is 22.7 Å². The number of rotatable bonds is 18. The summed E-state index contributed by atoms with van der Waals surface area (Å²) in [5.74, 6) is 0.818. The molecule has 2 saturated carbocycles. The lowest BCUT2D eigenvalue weighted by Gasteiger charge is -2.33. The number of alkyl carbamates (subject to hydrolysis) is 2. The van der Waals surface area contributed by atoms with E-state index in [-0.39, 0.29) is 76.3 Å². The van der Waals surface area contributed by atoms with Crippen LogP contribution in [0.25, 0.3) is 20.9 Å². The van der Waals surface area contributed by atoms with Gasteiger partial charge < -0.3 is 44.5 Å². The molecule has 4 aromatic rings. The number of amides is 5. The molecule has 2 aliphatic heterocycles. The maximum absolute atomic E-state index is 13.7. The fraction of sp³-hybridized carbons (Fsp3) is 0.646. The Hall–Kier alpha value is -6.17. The lowest BCUT2D eigenvalue weighted by Crippen LogP contribution is -2.42. The minimum absolute atomic E-state index is 0.0199. The van der Waals surface area contributed by atoms with Crippen LogP contribution in [0.1, 0.15) is 189 Å². The van der Waals surface area contributed by atoms with Gasteiger partial charge in [-0.15, -0.1) is 22.7 Å². The van der Waals surface area contributed by atoms with Gasteiger partial charge in [0.2, 0.25) is 20.0 Å². The number of benzene rings is 2. The number of carbonyl (C=O) groups is 5. The van der Waals surface area contributed by atoms with Crippen LogP contribution in [0.2, 0.25) is 0 Å². The van der Waals surface area contributed by atoms with Crippen LogP contribution in [-0.4, -0.2) is 143 Å². The van der Waals surface area contributed by atoms with E-state index in [0.29, 0.717) is 60.1 Å². The summed E-state index contributed by atoms with van der Waals surface area (Å²) >= 11 is 2.93. The first-order chi connectivity index (χ1) is 43.6. The zero-order valence-electron chi connectivity index (χ0n) is 56.2. The highest BCUT2D eigenvalue weighted by molar-refractivity contribution is 7.90. The van der Waals surface area contributed by atoms with Gasteiger partial charge in [-0.05, 0) is 216 Å². The number of likely N-dealkylation sites (tertiary alicyclic amines) is 1. The minimum Gasteiger partial charge on any atom is -0.449 e. The number of piperidine rings is 2. The van der Waals surface area contributed by atoms with E-state index >= 15 is 0 Å². The summed E-state index contributed by atoms with van der Waals surface area (Å²) in [5.41, 5.74) is -0.414. The molecule has 0 atom stereocenters. The number of nitrogens with zero attached hydrogens (tertiary/aromatic N) is 3. The number of aromatic nitrogens is 2. The Kier molecular flexibility index (Phi) is 26.0. The van der Waals surface area contributed by atoms with E-state index in [1.807, 2.05) is 48.5 Å². The molecule has 7 N–H and O–H groups in total. The molecule has 5 amide bonds. The van der Waals surface area contributed by atoms with Gasteiger partial charge in [0.25, 0.3) is 0 Å². The van der Waals surface area contributed by atoms with Crippen LogP contribution in [0.15, 0.2) is 58.6 Å². The fourth-order valence-electron chi connectivity index (χ4n) is 11.3. The Bertz CT molecular complexity index is 3400. The van der Waals surface area contributed by atoms with Crippen molar-refractivity contribution in [2.75, 3.05) is 50.0 Å². The molecule has 516 valence electrons. The zero-order valence-corrected chi connectivity index (χ0v) is 59.4. The number of anilines is 2. The first kappa shape index (κ1) is 74.2. The van der Waals surface area contributed by atoms with Crippen LogP contribution in [0, 0.1) is 11.8 Å². The summed E-state index contributed by atoms with van der Waals surface area (Å²) in [5, 5.41) is 16.4. The molecule has 0 unspecified atom stereocenters. The van der Waals surface area contributed by atoms with Crippen molar-refractivity contribution < 1.29 is 64.5 Å². The number of thiazole rings is 2. The molecule has 4 aliphatic rings. The van der Waals surface area contributed by atoms with Crippen molar-refractivity contribution in [2.24, 2.45) is 11.8 Å². The second kappa shape index (κ2) is 32.5. The van der Waals surface area contributed by atoms with Gasteiger partial charge in [0, 0.05) is 83.0 Å². The van der Waals surface area contributed by atoms with Crippen LogP contribution in [0.5, 0.6) is 0 Å². The molecule has 24 nitrogen and oxygen atoms in total.